The zero-order chi connectivity index (χ0) is 18.4. The van der Waals surface area contributed by atoms with Crippen LogP contribution in [-0.2, 0) is 0 Å². The second-order valence-electron chi connectivity index (χ2n) is 6.81. The molecular weight excluding hydrogens is 360 g/mol. The van der Waals surface area contributed by atoms with Gasteiger partial charge >= 0.3 is 0 Å². The number of amides is 1. The highest BCUT2D eigenvalue weighted by Gasteiger charge is 2.24. The molecule has 2 aromatic rings. The normalized spacial score (nSPS) is 15.0. The number of carbonyl (C=O) groups is 1. The minimum Gasteiger partial charge on any atom is -0.493 e. The van der Waals surface area contributed by atoms with Gasteiger partial charge in [-0.05, 0) is 57.5 Å². The number of para-hydroxylation sites is 1. The number of likely N-dealkylation sites (tertiary alicyclic amines) is 1. The van der Waals surface area contributed by atoms with E-state index >= 15 is 0 Å². The summed E-state index contributed by atoms with van der Waals surface area (Å²) in [5, 5.41) is 3.13. The van der Waals surface area contributed by atoms with Gasteiger partial charge in [0.15, 0.2) is 0 Å². The third-order valence-corrected chi connectivity index (χ3v) is 4.93. The van der Waals surface area contributed by atoms with Crippen molar-refractivity contribution in [3.8, 4) is 5.75 Å². The van der Waals surface area contributed by atoms with Crippen molar-refractivity contribution in [2.24, 2.45) is 0 Å². The summed E-state index contributed by atoms with van der Waals surface area (Å²) in [5.74, 6) is 0.561. The fourth-order valence-electron chi connectivity index (χ4n) is 3.52. The van der Waals surface area contributed by atoms with Crippen LogP contribution in [0.4, 0.5) is 0 Å². The Kier molecular flexibility index (Phi) is 8.14. The summed E-state index contributed by atoms with van der Waals surface area (Å²) in [5.41, 5.74) is 3.11. The Balaban J connectivity index is 0.00000261. The van der Waals surface area contributed by atoms with Gasteiger partial charge < -0.3 is 10.1 Å². The second-order valence-corrected chi connectivity index (χ2v) is 6.81. The molecule has 1 unspecified atom stereocenters. The molecule has 5 heteroatoms. The number of hydrogen-bond donors (Lipinski definition) is 1. The van der Waals surface area contributed by atoms with Crippen LogP contribution in [0.15, 0.2) is 48.5 Å². The smallest absolute Gasteiger partial charge is 0.255 e. The van der Waals surface area contributed by atoms with E-state index in [1.807, 2.05) is 31.2 Å². The zero-order valence-corrected chi connectivity index (χ0v) is 16.9. The average Bonchev–Trinajstić information content (AvgIpc) is 3.18. The topological polar surface area (TPSA) is 41.6 Å². The highest BCUT2D eigenvalue weighted by atomic mass is 35.5. The molecule has 1 fully saturated rings. The third kappa shape index (κ3) is 5.47. The lowest BCUT2D eigenvalue weighted by atomic mass is 10.0. The maximum absolute atomic E-state index is 12.7. The molecule has 0 saturated carbocycles. The molecule has 2 aromatic carbocycles. The van der Waals surface area contributed by atoms with Crippen molar-refractivity contribution in [1.29, 1.82) is 0 Å². The molecule has 0 radical (unpaired) electrons. The van der Waals surface area contributed by atoms with Crippen molar-refractivity contribution in [1.82, 2.24) is 10.2 Å². The van der Waals surface area contributed by atoms with Crippen LogP contribution in [0.5, 0.6) is 5.75 Å². The molecule has 1 atom stereocenters. The average molecular weight is 389 g/mol. The van der Waals surface area contributed by atoms with Crippen LogP contribution in [0.25, 0.3) is 0 Å². The fraction of sp³-hybridized carbons (Fsp3) is 0.409. The Bertz CT molecular complexity index is 727. The highest BCUT2D eigenvalue weighted by molar-refractivity contribution is 5.96. The molecule has 1 amide bonds. The van der Waals surface area contributed by atoms with Crippen molar-refractivity contribution in [3.63, 3.8) is 0 Å². The monoisotopic (exact) mass is 388 g/mol. The third-order valence-electron chi connectivity index (χ3n) is 4.93. The molecule has 146 valence electrons. The maximum Gasteiger partial charge on any atom is 0.255 e. The Labute approximate surface area is 168 Å². The standard InChI is InChI=1S/C22H28N2O2.ClH/c1-3-26-21-9-5-4-8-19(21)22(25)23-16-20(24-14-6-7-15-24)18-12-10-17(2)11-13-18;/h4-5,8-13,20H,3,6-7,14-16H2,1-2H3,(H,23,25);1H. The molecule has 1 heterocycles. The van der Waals surface area contributed by atoms with Crippen molar-refractivity contribution >= 4 is 18.3 Å². The van der Waals surface area contributed by atoms with E-state index in [1.165, 1.54) is 24.0 Å². The van der Waals surface area contributed by atoms with Crippen molar-refractivity contribution in [3.05, 3.63) is 65.2 Å². The summed E-state index contributed by atoms with van der Waals surface area (Å²) in [7, 11) is 0. The molecular formula is C22H29ClN2O2. The van der Waals surface area contributed by atoms with Crippen LogP contribution in [0, 0.1) is 6.92 Å². The van der Waals surface area contributed by atoms with E-state index in [0.29, 0.717) is 24.5 Å². The summed E-state index contributed by atoms with van der Waals surface area (Å²) >= 11 is 0. The molecule has 0 aliphatic carbocycles. The molecule has 4 nitrogen and oxygen atoms in total. The highest BCUT2D eigenvalue weighted by Crippen LogP contribution is 2.25. The summed E-state index contributed by atoms with van der Waals surface area (Å²) in [6.07, 6.45) is 2.45. The van der Waals surface area contributed by atoms with Gasteiger partial charge in [0.05, 0.1) is 18.2 Å². The Hall–Kier alpha value is -2.04. The van der Waals surface area contributed by atoms with Crippen LogP contribution in [0.3, 0.4) is 0 Å². The number of benzene rings is 2. The predicted molar refractivity (Wildman–Crippen MR) is 112 cm³/mol. The molecule has 1 aliphatic heterocycles. The van der Waals surface area contributed by atoms with Gasteiger partial charge in [0, 0.05) is 6.54 Å². The van der Waals surface area contributed by atoms with E-state index in [1.54, 1.807) is 0 Å². The number of ether oxygens (including phenoxy) is 1. The summed E-state index contributed by atoms with van der Waals surface area (Å²) < 4.78 is 5.59. The number of carbonyl (C=O) groups excluding carboxylic acids is 1. The maximum atomic E-state index is 12.7. The number of nitrogens with one attached hydrogen (secondary N) is 1. The lowest BCUT2D eigenvalue weighted by Gasteiger charge is -2.28. The van der Waals surface area contributed by atoms with Gasteiger partial charge in [-0.15, -0.1) is 12.4 Å². The first kappa shape index (κ1) is 21.3. The van der Waals surface area contributed by atoms with E-state index in [-0.39, 0.29) is 24.4 Å². The van der Waals surface area contributed by atoms with Crippen LogP contribution < -0.4 is 10.1 Å². The van der Waals surface area contributed by atoms with Gasteiger partial charge in [-0.1, -0.05) is 42.0 Å². The van der Waals surface area contributed by atoms with E-state index in [9.17, 15) is 4.79 Å². The largest absolute Gasteiger partial charge is 0.493 e. The summed E-state index contributed by atoms with van der Waals surface area (Å²) in [4.78, 5) is 15.2. The quantitative estimate of drug-likeness (QED) is 0.765. The Morgan fingerprint density at radius 3 is 2.44 bits per heavy atom. The first-order valence-electron chi connectivity index (χ1n) is 9.49. The molecule has 0 bridgehead atoms. The van der Waals surface area contributed by atoms with Crippen molar-refractivity contribution in [2.45, 2.75) is 32.7 Å². The minimum absolute atomic E-state index is 0. The number of hydrogen-bond acceptors (Lipinski definition) is 3. The van der Waals surface area contributed by atoms with E-state index in [4.69, 9.17) is 4.74 Å². The van der Waals surface area contributed by atoms with E-state index < -0.39 is 0 Å². The number of halogens is 1. The molecule has 1 saturated heterocycles. The molecule has 0 spiro atoms. The lowest BCUT2D eigenvalue weighted by Crippen LogP contribution is -2.37. The number of nitrogens with zero attached hydrogens (tertiary/aromatic N) is 1. The molecule has 0 aromatic heterocycles. The molecule has 1 aliphatic rings. The summed E-state index contributed by atoms with van der Waals surface area (Å²) in [6.45, 7) is 7.34. The van der Waals surface area contributed by atoms with Crippen LogP contribution >= 0.6 is 12.4 Å². The van der Waals surface area contributed by atoms with Crippen molar-refractivity contribution < 1.29 is 9.53 Å². The molecule has 27 heavy (non-hydrogen) atoms. The molecule has 1 N–H and O–H groups in total. The fourth-order valence-corrected chi connectivity index (χ4v) is 3.52. The van der Waals surface area contributed by atoms with Gasteiger partial charge in [-0.25, -0.2) is 0 Å². The Morgan fingerprint density at radius 1 is 1.11 bits per heavy atom. The SMILES string of the molecule is CCOc1ccccc1C(=O)NCC(c1ccc(C)cc1)N1CCCC1.Cl. The summed E-state index contributed by atoms with van der Waals surface area (Å²) in [6, 6.07) is 16.3. The van der Waals surface area contributed by atoms with E-state index in [2.05, 4.69) is 41.4 Å². The van der Waals surface area contributed by atoms with Gasteiger partial charge in [0.25, 0.3) is 5.91 Å². The van der Waals surface area contributed by atoms with Gasteiger partial charge in [0.1, 0.15) is 5.75 Å². The molecule has 3 rings (SSSR count). The lowest BCUT2D eigenvalue weighted by molar-refractivity contribution is 0.0934. The first-order valence-corrected chi connectivity index (χ1v) is 9.49. The van der Waals surface area contributed by atoms with Gasteiger partial charge in [0.2, 0.25) is 0 Å². The van der Waals surface area contributed by atoms with E-state index in [0.717, 1.165) is 13.1 Å². The van der Waals surface area contributed by atoms with Crippen LogP contribution in [0.2, 0.25) is 0 Å². The zero-order valence-electron chi connectivity index (χ0n) is 16.1. The first-order chi connectivity index (χ1) is 12.7. The Morgan fingerprint density at radius 2 is 1.78 bits per heavy atom. The number of rotatable bonds is 7. The van der Waals surface area contributed by atoms with Crippen LogP contribution in [-0.4, -0.2) is 37.0 Å². The van der Waals surface area contributed by atoms with Crippen molar-refractivity contribution in [2.75, 3.05) is 26.2 Å². The van der Waals surface area contributed by atoms with Crippen LogP contribution in [0.1, 0.15) is 47.3 Å². The second kappa shape index (κ2) is 10.3. The van der Waals surface area contributed by atoms with Gasteiger partial charge in [-0.2, -0.15) is 0 Å². The minimum atomic E-state index is -0.0784. The predicted octanol–water partition coefficient (Wildman–Crippen LogP) is 4.38. The van der Waals surface area contributed by atoms with Gasteiger partial charge in [-0.3, -0.25) is 9.69 Å². The number of aryl methyl sites for hydroxylation is 1.